The molecule has 1 aliphatic rings. The molecule has 0 bridgehead atoms. The molecule has 0 heterocycles. The Hall–Kier alpha value is -0.570. The fourth-order valence-corrected chi connectivity index (χ4v) is 2.01. The third-order valence-electron chi connectivity index (χ3n) is 3.29. The van der Waals surface area contributed by atoms with Gasteiger partial charge in [-0.3, -0.25) is 0 Å². The van der Waals surface area contributed by atoms with Gasteiger partial charge in [-0.2, -0.15) is 0 Å². The summed E-state index contributed by atoms with van der Waals surface area (Å²) in [5, 5.41) is 4.29. The number of nitrogens with one attached hydrogen (secondary N) is 1. The lowest BCUT2D eigenvalue weighted by Crippen LogP contribution is -2.39. The van der Waals surface area contributed by atoms with Gasteiger partial charge in [-0.15, -0.1) is 0 Å². The zero-order valence-corrected chi connectivity index (χ0v) is 12.8. The van der Waals surface area contributed by atoms with Gasteiger partial charge in [0, 0.05) is 17.1 Å². The van der Waals surface area contributed by atoms with Crippen molar-refractivity contribution in [1.29, 1.82) is 0 Å². The molecular formula is C16H24ClNO. The minimum atomic E-state index is 0.105. The maximum absolute atomic E-state index is 6.08. The average Bonchev–Trinajstić information content (AvgIpc) is 3.13. The molecule has 0 aliphatic heterocycles. The lowest BCUT2D eigenvalue weighted by molar-refractivity contribution is 0.0412. The van der Waals surface area contributed by atoms with Crippen LogP contribution in [-0.2, 0) is 4.74 Å². The van der Waals surface area contributed by atoms with E-state index >= 15 is 0 Å². The summed E-state index contributed by atoms with van der Waals surface area (Å²) in [6.07, 6.45) is 2.75. The molecular weight excluding hydrogens is 258 g/mol. The molecule has 1 saturated carbocycles. The fourth-order valence-electron chi connectivity index (χ4n) is 1.89. The van der Waals surface area contributed by atoms with Crippen LogP contribution in [0.25, 0.3) is 0 Å². The van der Waals surface area contributed by atoms with E-state index in [4.69, 9.17) is 16.3 Å². The molecule has 19 heavy (non-hydrogen) atoms. The van der Waals surface area contributed by atoms with Crippen molar-refractivity contribution in [3.63, 3.8) is 0 Å². The Labute approximate surface area is 121 Å². The Morgan fingerprint density at radius 2 is 1.89 bits per heavy atom. The zero-order chi connectivity index (χ0) is 13.9. The van der Waals surface area contributed by atoms with Crippen molar-refractivity contribution in [2.45, 2.75) is 45.3 Å². The van der Waals surface area contributed by atoms with Crippen LogP contribution in [0.15, 0.2) is 24.3 Å². The van der Waals surface area contributed by atoms with Crippen LogP contribution in [0.1, 0.15) is 45.3 Å². The third kappa shape index (κ3) is 5.52. The number of hydrogen-bond donors (Lipinski definition) is 1. The van der Waals surface area contributed by atoms with Crippen LogP contribution in [0, 0.1) is 5.92 Å². The highest BCUT2D eigenvalue weighted by molar-refractivity contribution is 6.30. The summed E-state index contributed by atoms with van der Waals surface area (Å²) in [6, 6.07) is 7.98. The molecule has 0 radical (unpaired) electrons. The lowest BCUT2D eigenvalue weighted by atomic mass is 10.1. The molecule has 1 fully saturated rings. The summed E-state index contributed by atoms with van der Waals surface area (Å²) in [6.45, 7) is 8.23. The van der Waals surface area contributed by atoms with E-state index in [0.29, 0.717) is 0 Å². The molecule has 0 saturated heterocycles. The molecule has 1 atom stereocenters. The molecule has 1 aromatic carbocycles. The maximum Gasteiger partial charge on any atom is 0.0949 e. The van der Waals surface area contributed by atoms with Gasteiger partial charge >= 0.3 is 0 Å². The highest BCUT2D eigenvalue weighted by Gasteiger charge is 2.24. The van der Waals surface area contributed by atoms with E-state index < -0.39 is 0 Å². The standard InChI is InChI=1S/C16H24ClNO/c1-16(2,3)18-10-15(19-11-12-4-5-12)13-6-8-14(17)9-7-13/h6-9,12,15,18H,4-5,10-11H2,1-3H3. The summed E-state index contributed by atoms with van der Waals surface area (Å²) in [4.78, 5) is 0. The molecule has 3 heteroatoms. The maximum atomic E-state index is 6.08. The van der Waals surface area contributed by atoms with Crippen LogP contribution in [0.3, 0.4) is 0 Å². The lowest BCUT2D eigenvalue weighted by Gasteiger charge is -2.26. The first-order valence-corrected chi connectivity index (χ1v) is 7.44. The van der Waals surface area contributed by atoms with Crippen molar-refractivity contribution in [1.82, 2.24) is 5.32 Å². The molecule has 0 spiro atoms. The number of hydrogen-bond acceptors (Lipinski definition) is 2. The molecule has 1 unspecified atom stereocenters. The number of halogens is 1. The second-order valence-corrected chi connectivity index (χ2v) is 6.88. The van der Waals surface area contributed by atoms with Crippen molar-refractivity contribution >= 4 is 11.6 Å². The Balaban J connectivity index is 1.97. The monoisotopic (exact) mass is 281 g/mol. The minimum Gasteiger partial charge on any atom is -0.372 e. The normalized spacial score (nSPS) is 17.5. The first-order valence-electron chi connectivity index (χ1n) is 7.06. The van der Waals surface area contributed by atoms with Crippen LogP contribution >= 0.6 is 11.6 Å². The van der Waals surface area contributed by atoms with Gasteiger partial charge < -0.3 is 10.1 Å². The summed E-state index contributed by atoms with van der Waals surface area (Å²) >= 11 is 5.95. The highest BCUT2D eigenvalue weighted by Crippen LogP contribution is 2.31. The van der Waals surface area contributed by atoms with E-state index in [9.17, 15) is 0 Å². The molecule has 106 valence electrons. The van der Waals surface area contributed by atoms with Crippen molar-refractivity contribution in [2.75, 3.05) is 13.2 Å². The smallest absolute Gasteiger partial charge is 0.0949 e. The second kappa shape index (κ2) is 6.25. The van der Waals surface area contributed by atoms with E-state index in [1.807, 2.05) is 12.1 Å². The number of benzene rings is 1. The number of rotatable bonds is 6. The van der Waals surface area contributed by atoms with Gasteiger partial charge in [0.1, 0.15) is 0 Å². The highest BCUT2D eigenvalue weighted by atomic mass is 35.5. The predicted molar refractivity (Wildman–Crippen MR) is 80.6 cm³/mol. The first kappa shape index (κ1) is 14.8. The van der Waals surface area contributed by atoms with Crippen LogP contribution in [0.2, 0.25) is 5.02 Å². The van der Waals surface area contributed by atoms with E-state index in [2.05, 4.69) is 38.2 Å². The van der Waals surface area contributed by atoms with Crippen molar-refractivity contribution in [2.24, 2.45) is 5.92 Å². The van der Waals surface area contributed by atoms with Crippen LogP contribution in [-0.4, -0.2) is 18.7 Å². The van der Waals surface area contributed by atoms with Crippen molar-refractivity contribution in [3.05, 3.63) is 34.9 Å². The van der Waals surface area contributed by atoms with Gasteiger partial charge in [-0.25, -0.2) is 0 Å². The van der Waals surface area contributed by atoms with Gasteiger partial charge in [0.2, 0.25) is 0 Å². The minimum absolute atomic E-state index is 0.105. The average molecular weight is 282 g/mol. The van der Waals surface area contributed by atoms with Gasteiger partial charge in [-0.1, -0.05) is 23.7 Å². The van der Waals surface area contributed by atoms with E-state index in [-0.39, 0.29) is 11.6 Å². The fraction of sp³-hybridized carbons (Fsp3) is 0.625. The van der Waals surface area contributed by atoms with E-state index in [0.717, 1.165) is 24.1 Å². The second-order valence-electron chi connectivity index (χ2n) is 6.45. The van der Waals surface area contributed by atoms with Crippen LogP contribution in [0.5, 0.6) is 0 Å². The molecule has 1 aromatic rings. The third-order valence-corrected chi connectivity index (χ3v) is 3.54. The van der Waals surface area contributed by atoms with Crippen molar-refractivity contribution in [3.8, 4) is 0 Å². The summed E-state index contributed by atoms with van der Waals surface area (Å²) in [5.41, 5.74) is 1.30. The van der Waals surface area contributed by atoms with Crippen LogP contribution < -0.4 is 5.32 Å². The largest absolute Gasteiger partial charge is 0.372 e. The van der Waals surface area contributed by atoms with Gasteiger partial charge in [0.05, 0.1) is 12.7 Å². The molecule has 1 aliphatic carbocycles. The molecule has 2 rings (SSSR count). The predicted octanol–water partition coefficient (Wildman–Crippen LogP) is 4.20. The van der Waals surface area contributed by atoms with Crippen LogP contribution in [0.4, 0.5) is 0 Å². The van der Waals surface area contributed by atoms with E-state index in [1.54, 1.807) is 0 Å². The first-order chi connectivity index (χ1) is 8.94. The Morgan fingerprint density at radius 1 is 1.26 bits per heavy atom. The number of ether oxygens (including phenoxy) is 1. The Bertz CT molecular complexity index is 392. The molecule has 2 nitrogen and oxygen atoms in total. The van der Waals surface area contributed by atoms with Gasteiger partial charge in [0.25, 0.3) is 0 Å². The zero-order valence-electron chi connectivity index (χ0n) is 12.1. The van der Waals surface area contributed by atoms with E-state index in [1.165, 1.54) is 18.4 Å². The Morgan fingerprint density at radius 3 is 2.42 bits per heavy atom. The van der Waals surface area contributed by atoms with Gasteiger partial charge in [0.15, 0.2) is 0 Å². The molecule has 0 aromatic heterocycles. The van der Waals surface area contributed by atoms with Gasteiger partial charge in [-0.05, 0) is 57.2 Å². The molecule has 0 amide bonds. The topological polar surface area (TPSA) is 21.3 Å². The van der Waals surface area contributed by atoms with Crippen molar-refractivity contribution < 1.29 is 4.74 Å². The summed E-state index contributed by atoms with van der Waals surface area (Å²) < 4.78 is 6.08. The summed E-state index contributed by atoms with van der Waals surface area (Å²) in [7, 11) is 0. The SMILES string of the molecule is CC(C)(C)NCC(OCC1CC1)c1ccc(Cl)cc1. The Kier molecular flexibility index (Phi) is 4.88. The molecule has 1 N–H and O–H groups in total. The quantitative estimate of drug-likeness (QED) is 0.844. The summed E-state index contributed by atoms with van der Waals surface area (Å²) in [5.74, 6) is 0.782.